The zero-order valence-electron chi connectivity index (χ0n) is 5.01. The predicted molar refractivity (Wildman–Crippen MR) is 56.1 cm³/mol. The highest BCUT2D eigenvalue weighted by molar-refractivity contribution is 14.2. The van der Waals surface area contributed by atoms with Crippen LogP contribution in [0.3, 0.4) is 0 Å². The molecule has 0 N–H and O–H groups in total. The fourth-order valence-electron chi connectivity index (χ4n) is 0.596. The molecule has 0 aliphatic carbocycles. The topological polar surface area (TPSA) is 4.93 Å². The van der Waals surface area contributed by atoms with Gasteiger partial charge in [0.2, 0.25) is 0 Å². The second-order valence-corrected chi connectivity index (χ2v) is 8.20. The van der Waals surface area contributed by atoms with Crippen LogP contribution in [0.15, 0.2) is 24.5 Å². The Labute approximate surface area is 82.1 Å². The van der Waals surface area contributed by atoms with Crippen molar-refractivity contribution in [2.75, 3.05) is 0 Å². The Balaban J connectivity index is 2.90. The molecule has 0 unspecified atom stereocenters. The van der Waals surface area contributed by atoms with Crippen LogP contribution < -0.4 is 0 Å². The number of alkyl halides is 2. The third-order valence-corrected chi connectivity index (χ3v) is 2.17. The molecule has 0 aliphatic heterocycles. The summed E-state index contributed by atoms with van der Waals surface area (Å²) in [7, 11) is 0. The molecule has 0 fully saturated rings. The van der Waals surface area contributed by atoms with Crippen molar-refractivity contribution in [2.24, 2.45) is 0 Å². The van der Waals surface area contributed by atoms with Crippen LogP contribution in [0.5, 0.6) is 0 Å². The van der Waals surface area contributed by atoms with Crippen LogP contribution in [0.1, 0.15) is 6.92 Å². The van der Waals surface area contributed by atoms with Crippen LogP contribution in [0, 0.1) is 0 Å². The average molecular weight is 347 g/mol. The zero-order chi connectivity index (χ0) is 6.91. The SMILES string of the molecule is CC(I)(I)n1cccc1. The van der Waals surface area contributed by atoms with Crippen molar-refractivity contribution < 1.29 is 0 Å². The predicted octanol–water partition coefficient (Wildman–Crippen LogP) is 2.99. The third-order valence-electron chi connectivity index (χ3n) is 1.06. The van der Waals surface area contributed by atoms with Gasteiger partial charge in [0.15, 0.2) is 0 Å². The monoisotopic (exact) mass is 347 g/mol. The largest absolute Gasteiger partial charge is 0.331 e. The molecule has 0 spiro atoms. The van der Waals surface area contributed by atoms with Crippen LogP contribution in [-0.2, 0) is 1.55 Å². The van der Waals surface area contributed by atoms with E-state index in [1.807, 2.05) is 12.1 Å². The second-order valence-electron chi connectivity index (χ2n) is 1.93. The van der Waals surface area contributed by atoms with E-state index in [0.717, 1.165) is 0 Å². The lowest BCUT2D eigenvalue weighted by Gasteiger charge is -2.15. The maximum atomic E-state index is 2.39. The molecule has 0 aromatic carbocycles. The molecule has 1 heterocycles. The van der Waals surface area contributed by atoms with E-state index >= 15 is 0 Å². The highest BCUT2D eigenvalue weighted by Gasteiger charge is 2.14. The molecule has 0 radical (unpaired) electrons. The minimum absolute atomic E-state index is 0.180. The molecule has 3 heteroatoms. The zero-order valence-corrected chi connectivity index (χ0v) is 9.33. The van der Waals surface area contributed by atoms with Crippen molar-refractivity contribution in [1.29, 1.82) is 0 Å². The summed E-state index contributed by atoms with van der Waals surface area (Å²) in [6, 6.07) is 4.07. The summed E-state index contributed by atoms with van der Waals surface area (Å²) >= 11 is 4.78. The molecule has 1 rings (SSSR count). The van der Waals surface area contributed by atoms with Gasteiger partial charge in [0.1, 0.15) is 1.55 Å². The first-order valence-electron chi connectivity index (χ1n) is 2.62. The van der Waals surface area contributed by atoms with Gasteiger partial charge in [0, 0.05) is 12.4 Å². The Bertz CT molecular complexity index is 173. The van der Waals surface area contributed by atoms with Gasteiger partial charge < -0.3 is 4.57 Å². The summed E-state index contributed by atoms with van der Waals surface area (Å²) in [6.07, 6.45) is 4.14. The molecule has 0 saturated heterocycles. The van der Waals surface area contributed by atoms with Gasteiger partial charge >= 0.3 is 0 Å². The summed E-state index contributed by atoms with van der Waals surface area (Å²) < 4.78 is 2.34. The fourth-order valence-corrected chi connectivity index (χ4v) is 1.24. The van der Waals surface area contributed by atoms with E-state index in [1.165, 1.54) is 0 Å². The lowest BCUT2D eigenvalue weighted by atomic mass is 10.7. The van der Waals surface area contributed by atoms with E-state index < -0.39 is 0 Å². The molecule has 1 aromatic rings. The number of rotatable bonds is 1. The van der Waals surface area contributed by atoms with E-state index in [0.29, 0.717) is 0 Å². The Morgan fingerprint density at radius 3 is 1.89 bits per heavy atom. The minimum Gasteiger partial charge on any atom is -0.331 e. The molecule has 0 aliphatic rings. The van der Waals surface area contributed by atoms with Crippen LogP contribution in [0.4, 0.5) is 0 Å². The Kier molecular flexibility index (Phi) is 2.42. The van der Waals surface area contributed by atoms with Crippen LogP contribution >= 0.6 is 45.2 Å². The van der Waals surface area contributed by atoms with Crippen LogP contribution in [0.25, 0.3) is 0 Å². The first-order chi connectivity index (χ1) is 4.11. The van der Waals surface area contributed by atoms with Crippen LogP contribution in [0.2, 0.25) is 0 Å². The lowest BCUT2D eigenvalue weighted by molar-refractivity contribution is 0.748. The number of hydrogen-bond acceptors (Lipinski definition) is 0. The maximum Gasteiger partial charge on any atom is 0.144 e. The van der Waals surface area contributed by atoms with Crippen molar-refractivity contribution in [1.82, 2.24) is 4.57 Å². The van der Waals surface area contributed by atoms with Crippen molar-refractivity contribution in [3.05, 3.63) is 24.5 Å². The first kappa shape index (κ1) is 7.84. The maximum absolute atomic E-state index is 2.39. The van der Waals surface area contributed by atoms with Crippen LogP contribution in [-0.4, -0.2) is 4.57 Å². The first-order valence-corrected chi connectivity index (χ1v) is 4.78. The highest BCUT2D eigenvalue weighted by atomic mass is 127. The van der Waals surface area contributed by atoms with Gasteiger partial charge in [-0.15, -0.1) is 0 Å². The van der Waals surface area contributed by atoms with E-state index in [2.05, 4.69) is 69.1 Å². The molecule has 0 atom stereocenters. The lowest BCUT2D eigenvalue weighted by Crippen LogP contribution is -2.10. The molecule has 50 valence electrons. The van der Waals surface area contributed by atoms with E-state index in [1.54, 1.807) is 0 Å². The van der Waals surface area contributed by atoms with Crippen molar-refractivity contribution >= 4 is 45.2 Å². The van der Waals surface area contributed by atoms with E-state index in [-0.39, 0.29) is 1.55 Å². The molecule has 0 saturated carbocycles. The van der Waals surface area contributed by atoms with Gasteiger partial charge in [-0.1, -0.05) is 0 Å². The summed E-state index contributed by atoms with van der Waals surface area (Å²) in [5.41, 5.74) is 0. The Morgan fingerprint density at radius 1 is 1.22 bits per heavy atom. The number of halogens is 2. The summed E-state index contributed by atoms with van der Waals surface area (Å²) in [5, 5.41) is 0. The van der Waals surface area contributed by atoms with Gasteiger partial charge in [-0.05, 0) is 64.2 Å². The smallest absolute Gasteiger partial charge is 0.144 e. The van der Waals surface area contributed by atoms with Crippen molar-refractivity contribution in [3.63, 3.8) is 0 Å². The molecular weight excluding hydrogens is 340 g/mol. The molecular formula is C6H7I2N. The molecule has 0 bridgehead atoms. The Morgan fingerprint density at radius 2 is 1.67 bits per heavy atom. The van der Waals surface area contributed by atoms with Gasteiger partial charge in [-0.2, -0.15) is 0 Å². The molecule has 9 heavy (non-hydrogen) atoms. The highest BCUT2D eigenvalue weighted by Crippen LogP contribution is 2.32. The van der Waals surface area contributed by atoms with Crippen molar-refractivity contribution in [2.45, 2.75) is 8.48 Å². The summed E-state index contributed by atoms with van der Waals surface area (Å²) in [5.74, 6) is 0. The number of nitrogens with zero attached hydrogens (tertiary/aromatic N) is 1. The minimum atomic E-state index is 0.180. The normalized spacial score (nSPS) is 11.9. The molecule has 1 nitrogen and oxygen atoms in total. The van der Waals surface area contributed by atoms with Gasteiger partial charge in [0.25, 0.3) is 0 Å². The molecule has 1 aromatic heterocycles. The molecule has 0 amide bonds. The van der Waals surface area contributed by atoms with Gasteiger partial charge in [0.05, 0.1) is 0 Å². The van der Waals surface area contributed by atoms with Gasteiger partial charge in [-0.25, -0.2) is 0 Å². The standard InChI is InChI=1S/C6H7I2N/c1-6(7,8)9-4-2-3-5-9/h2-5H,1H3. The average Bonchev–Trinajstić information content (AvgIpc) is 2.08. The van der Waals surface area contributed by atoms with E-state index in [9.17, 15) is 0 Å². The third kappa shape index (κ3) is 2.10. The van der Waals surface area contributed by atoms with Gasteiger partial charge in [-0.3, -0.25) is 0 Å². The quantitative estimate of drug-likeness (QED) is 0.544. The van der Waals surface area contributed by atoms with E-state index in [4.69, 9.17) is 0 Å². The summed E-state index contributed by atoms with van der Waals surface area (Å²) in [6.45, 7) is 2.16. The Hall–Kier alpha value is 0.740. The second kappa shape index (κ2) is 2.77. The number of aromatic nitrogens is 1. The van der Waals surface area contributed by atoms with Crippen molar-refractivity contribution in [3.8, 4) is 0 Å². The summed E-state index contributed by atoms with van der Waals surface area (Å²) in [4.78, 5) is 0. The fraction of sp³-hybridized carbons (Fsp3) is 0.333. The number of hydrogen-bond donors (Lipinski definition) is 0.